The average Bonchev–Trinajstić information content (AvgIpc) is 2.44. The van der Waals surface area contributed by atoms with Crippen LogP contribution in [0.2, 0.25) is 0 Å². The standard InChI is InChI=1S/C13H14N4O2/c1-17-12(18)3-2-11(13(17)19)16-8-9-4-5-15-10(6-9)7-14/h4-6,11,16H,2-3,8H2,1H3. The van der Waals surface area contributed by atoms with E-state index in [9.17, 15) is 9.59 Å². The van der Waals surface area contributed by atoms with E-state index in [0.717, 1.165) is 10.5 Å². The van der Waals surface area contributed by atoms with Crippen LogP contribution in [0.15, 0.2) is 18.3 Å². The number of likely N-dealkylation sites (N-methyl/N-ethyl adjacent to an activating group) is 1. The van der Waals surface area contributed by atoms with Crippen LogP contribution in [0, 0.1) is 11.3 Å². The summed E-state index contributed by atoms with van der Waals surface area (Å²) >= 11 is 0. The quantitative estimate of drug-likeness (QED) is 0.782. The van der Waals surface area contributed by atoms with Crippen molar-refractivity contribution in [1.29, 1.82) is 5.26 Å². The molecule has 2 amide bonds. The van der Waals surface area contributed by atoms with E-state index in [4.69, 9.17) is 5.26 Å². The molecule has 2 heterocycles. The SMILES string of the molecule is CN1C(=O)CCC(NCc2ccnc(C#N)c2)C1=O. The second-order valence-electron chi connectivity index (χ2n) is 4.42. The number of pyridine rings is 1. The van der Waals surface area contributed by atoms with Gasteiger partial charge < -0.3 is 5.32 Å². The number of carbonyl (C=O) groups is 2. The summed E-state index contributed by atoms with van der Waals surface area (Å²) in [6.45, 7) is 0.468. The Balaban J connectivity index is 1.97. The topological polar surface area (TPSA) is 86.1 Å². The van der Waals surface area contributed by atoms with E-state index in [1.165, 1.54) is 7.05 Å². The van der Waals surface area contributed by atoms with Gasteiger partial charge in [-0.1, -0.05) is 0 Å². The van der Waals surface area contributed by atoms with Crippen LogP contribution in [0.3, 0.4) is 0 Å². The second kappa shape index (κ2) is 5.59. The van der Waals surface area contributed by atoms with E-state index >= 15 is 0 Å². The lowest BCUT2D eigenvalue weighted by atomic mass is 10.0. The number of carbonyl (C=O) groups excluding carboxylic acids is 2. The predicted molar refractivity (Wildman–Crippen MR) is 66.6 cm³/mol. The molecular formula is C13H14N4O2. The van der Waals surface area contributed by atoms with Crippen molar-refractivity contribution in [2.24, 2.45) is 0 Å². The van der Waals surface area contributed by atoms with Crippen molar-refractivity contribution in [2.75, 3.05) is 7.05 Å². The number of nitrogens with zero attached hydrogens (tertiary/aromatic N) is 3. The van der Waals surface area contributed by atoms with Gasteiger partial charge in [-0.05, 0) is 24.1 Å². The van der Waals surface area contributed by atoms with Gasteiger partial charge in [0.15, 0.2) is 0 Å². The molecule has 6 nitrogen and oxygen atoms in total. The van der Waals surface area contributed by atoms with Gasteiger partial charge in [-0.3, -0.25) is 14.5 Å². The Morgan fingerprint density at radius 2 is 2.37 bits per heavy atom. The van der Waals surface area contributed by atoms with Gasteiger partial charge in [-0.15, -0.1) is 0 Å². The molecule has 0 spiro atoms. The third-order valence-corrected chi connectivity index (χ3v) is 3.14. The predicted octanol–water partition coefficient (Wildman–Crippen LogP) is 0.190. The molecule has 1 aromatic rings. The summed E-state index contributed by atoms with van der Waals surface area (Å²) in [5.74, 6) is -0.343. The van der Waals surface area contributed by atoms with Crippen LogP contribution in [0.4, 0.5) is 0 Å². The molecule has 0 radical (unpaired) electrons. The monoisotopic (exact) mass is 258 g/mol. The number of likely N-dealkylation sites (tertiary alicyclic amines) is 1. The highest BCUT2D eigenvalue weighted by Gasteiger charge is 2.31. The third-order valence-electron chi connectivity index (χ3n) is 3.14. The molecule has 1 N–H and O–H groups in total. The number of amides is 2. The van der Waals surface area contributed by atoms with E-state index in [0.29, 0.717) is 25.1 Å². The highest BCUT2D eigenvalue weighted by Crippen LogP contribution is 2.12. The van der Waals surface area contributed by atoms with Crippen LogP contribution in [-0.2, 0) is 16.1 Å². The Morgan fingerprint density at radius 3 is 3.11 bits per heavy atom. The number of imide groups is 1. The van der Waals surface area contributed by atoms with Crippen LogP contribution >= 0.6 is 0 Å². The summed E-state index contributed by atoms with van der Waals surface area (Å²) in [6.07, 6.45) is 2.45. The molecular weight excluding hydrogens is 244 g/mol. The van der Waals surface area contributed by atoms with Crippen molar-refractivity contribution in [2.45, 2.75) is 25.4 Å². The molecule has 6 heteroatoms. The van der Waals surface area contributed by atoms with Gasteiger partial charge in [0.1, 0.15) is 11.8 Å². The molecule has 1 saturated heterocycles. The molecule has 2 rings (SSSR count). The number of nitrogens with one attached hydrogen (secondary N) is 1. The van der Waals surface area contributed by atoms with Gasteiger partial charge in [0.05, 0.1) is 6.04 Å². The largest absolute Gasteiger partial charge is 0.302 e. The lowest BCUT2D eigenvalue weighted by molar-refractivity contribution is -0.148. The fourth-order valence-electron chi connectivity index (χ4n) is 1.99. The number of hydrogen-bond donors (Lipinski definition) is 1. The van der Waals surface area contributed by atoms with Gasteiger partial charge in [0, 0.05) is 26.2 Å². The zero-order chi connectivity index (χ0) is 13.8. The van der Waals surface area contributed by atoms with Gasteiger partial charge >= 0.3 is 0 Å². The van der Waals surface area contributed by atoms with Crippen LogP contribution in [0.25, 0.3) is 0 Å². The Bertz CT molecular complexity index is 550. The van der Waals surface area contributed by atoms with Crippen molar-refractivity contribution in [3.05, 3.63) is 29.6 Å². The number of hydrogen-bond acceptors (Lipinski definition) is 5. The minimum Gasteiger partial charge on any atom is -0.302 e. The highest BCUT2D eigenvalue weighted by atomic mass is 16.2. The first kappa shape index (κ1) is 13.2. The molecule has 1 aliphatic rings. The molecule has 0 bridgehead atoms. The van der Waals surface area contributed by atoms with E-state index in [1.54, 1.807) is 18.3 Å². The molecule has 0 aromatic carbocycles. The Labute approximate surface area is 111 Å². The van der Waals surface area contributed by atoms with Crippen LogP contribution < -0.4 is 5.32 Å². The molecule has 1 unspecified atom stereocenters. The lowest BCUT2D eigenvalue weighted by Gasteiger charge is -2.28. The van der Waals surface area contributed by atoms with Crippen molar-refractivity contribution < 1.29 is 9.59 Å². The van der Waals surface area contributed by atoms with E-state index in [2.05, 4.69) is 10.3 Å². The third kappa shape index (κ3) is 2.95. The van der Waals surface area contributed by atoms with Crippen molar-refractivity contribution in [3.63, 3.8) is 0 Å². The van der Waals surface area contributed by atoms with Crippen molar-refractivity contribution in [3.8, 4) is 6.07 Å². The van der Waals surface area contributed by atoms with Gasteiger partial charge in [0.25, 0.3) is 0 Å². The Morgan fingerprint density at radius 1 is 1.58 bits per heavy atom. The highest BCUT2D eigenvalue weighted by molar-refractivity contribution is 6.00. The minimum absolute atomic E-state index is 0.140. The van der Waals surface area contributed by atoms with Gasteiger partial charge in [-0.25, -0.2) is 4.98 Å². The average molecular weight is 258 g/mol. The summed E-state index contributed by atoms with van der Waals surface area (Å²) in [5.41, 5.74) is 1.24. The number of aromatic nitrogens is 1. The first-order chi connectivity index (χ1) is 9.11. The van der Waals surface area contributed by atoms with E-state index in [1.807, 2.05) is 6.07 Å². The fraction of sp³-hybridized carbons (Fsp3) is 0.385. The summed E-state index contributed by atoms with van der Waals surface area (Å²) < 4.78 is 0. The molecule has 1 fully saturated rings. The summed E-state index contributed by atoms with van der Waals surface area (Å²) in [4.78, 5) is 28.2. The molecule has 98 valence electrons. The molecule has 1 aromatic heterocycles. The first-order valence-corrected chi connectivity index (χ1v) is 6.00. The molecule has 19 heavy (non-hydrogen) atoms. The minimum atomic E-state index is -0.346. The number of nitriles is 1. The summed E-state index contributed by atoms with van der Waals surface area (Å²) in [5, 5.41) is 11.9. The first-order valence-electron chi connectivity index (χ1n) is 6.00. The smallest absolute Gasteiger partial charge is 0.246 e. The zero-order valence-electron chi connectivity index (χ0n) is 10.6. The Hall–Kier alpha value is -2.26. The normalized spacial score (nSPS) is 19.4. The van der Waals surface area contributed by atoms with Gasteiger partial charge in [0.2, 0.25) is 11.8 Å². The summed E-state index contributed by atoms with van der Waals surface area (Å²) in [7, 11) is 1.50. The van der Waals surface area contributed by atoms with Crippen molar-refractivity contribution in [1.82, 2.24) is 15.2 Å². The Kier molecular flexibility index (Phi) is 3.88. The van der Waals surface area contributed by atoms with E-state index < -0.39 is 0 Å². The summed E-state index contributed by atoms with van der Waals surface area (Å²) in [6, 6.07) is 5.09. The van der Waals surface area contributed by atoms with Crippen LogP contribution in [0.5, 0.6) is 0 Å². The second-order valence-corrected chi connectivity index (χ2v) is 4.42. The number of rotatable bonds is 3. The maximum Gasteiger partial charge on any atom is 0.246 e. The fourth-order valence-corrected chi connectivity index (χ4v) is 1.99. The molecule has 1 atom stereocenters. The lowest BCUT2D eigenvalue weighted by Crippen LogP contribution is -2.51. The van der Waals surface area contributed by atoms with E-state index in [-0.39, 0.29) is 17.9 Å². The van der Waals surface area contributed by atoms with Gasteiger partial charge in [-0.2, -0.15) is 5.26 Å². The van der Waals surface area contributed by atoms with Crippen molar-refractivity contribution >= 4 is 11.8 Å². The maximum atomic E-state index is 11.9. The molecule has 0 aliphatic carbocycles. The zero-order valence-corrected chi connectivity index (χ0v) is 10.6. The van der Waals surface area contributed by atoms with Crippen LogP contribution in [0.1, 0.15) is 24.1 Å². The van der Waals surface area contributed by atoms with Crippen LogP contribution in [-0.4, -0.2) is 34.8 Å². The number of piperidine rings is 1. The molecule has 1 aliphatic heterocycles. The maximum absolute atomic E-state index is 11.9. The molecule has 0 saturated carbocycles.